The molecule has 4 nitrogen and oxygen atoms in total. The predicted octanol–water partition coefficient (Wildman–Crippen LogP) is 2.03. The summed E-state index contributed by atoms with van der Waals surface area (Å²) >= 11 is 5.80. The molecule has 0 saturated heterocycles. The Hall–Kier alpha value is -1.26. The molecule has 1 aromatic carbocycles. The first-order valence-corrected chi connectivity index (χ1v) is 5.75. The van der Waals surface area contributed by atoms with Crippen LogP contribution in [0.3, 0.4) is 0 Å². The topological polar surface area (TPSA) is 55.6 Å². The van der Waals surface area contributed by atoms with Crippen molar-refractivity contribution in [1.82, 2.24) is 4.90 Å². The van der Waals surface area contributed by atoms with Crippen molar-refractivity contribution in [3.8, 4) is 0 Å². The summed E-state index contributed by atoms with van der Waals surface area (Å²) in [5.74, 6) is -0.391. The van der Waals surface area contributed by atoms with E-state index in [1.165, 1.54) is 0 Å². The molecule has 94 valence electrons. The summed E-state index contributed by atoms with van der Waals surface area (Å²) in [4.78, 5) is 13.7. The summed E-state index contributed by atoms with van der Waals surface area (Å²) in [5, 5.41) is 0.435. The third-order valence-corrected chi connectivity index (χ3v) is 2.36. The Morgan fingerprint density at radius 3 is 2.71 bits per heavy atom. The van der Waals surface area contributed by atoms with Crippen molar-refractivity contribution in [1.29, 1.82) is 0 Å². The van der Waals surface area contributed by atoms with E-state index >= 15 is 0 Å². The Morgan fingerprint density at radius 1 is 1.41 bits per heavy atom. The molecule has 0 fully saturated rings. The molecule has 1 rings (SSSR count). The normalized spacial score (nSPS) is 10.6. The number of esters is 1. The SMILES string of the molecule is CN(C)CCCOC(=O)c1cc(N)cc(Cl)c1. The van der Waals surface area contributed by atoms with Crippen LogP contribution in [-0.2, 0) is 4.74 Å². The van der Waals surface area contributed by atoms with Gasteiger partial charge in [-0.25, -0.2) is 4.79 Å². The average molecular weight is 257 g/mol. The maximum absolute atomic E-state index is 11.6. The Bertz CT molecular complexity index is 374. The number of benzene rings is 1. The van der Waals surface area contributed by atoms with Crippen LogP contribution in [-0.4, -0.2) is 38.1 Å². The summed E-state index contributed by atoms with van der Waals surface area (Å²) < 4.78 is 5.11. The summed E-state index contributed by atoms with van der Waals surface area (Å²) in [6.07, 6.45) is 0.800. The fourth-order valence-electron chi connectivity index (χ4n) is 1.36. The quantitative estimate of drug-likeness (QED) is 0.498. The average Bonchev–Trinajstić information content (AvgIpc) is 2.22. The van der Waals surface area contributed by atoms with Crippen LogP contribution >= 0.6 is 11.6 Å². The van der Waals surface area contributed by atoms with Gasteiger partial charge in [-0.05, 0) is 38.7 Å². The van der Waals surface area contributed by atoms with E-state index < -0.39 is 5.97 Å². The van der Waals surface area contributed by atoms with Gasteiger partial charge in [0.25, 0.3) is 0 Å². The molecular weight excluding hydrogens is 240 g/mol. The monoisotopic (exact) mass is 256 g/mol. The van der Waals surface area contributed by atoms with Crippen LogP contribution < -0.4 is 5.73 Å². The van der Waals surface area contributed by atoms with Crippen molar-refractivity contribution in [2.75, 3.05) is 33.0 Å². The van der Waals surface area contributed by atoms with Crippen molar-refractivity contribution in [2.24, 2.45) is 0 Å². The van der Waals surface area contributed by atoms with Crippen molar-refractivity contribution in [3.63, 3.8) is 0 Å². The number of nitrogen functional groups attached to an aromatic ring is 1. The van der Waals surface area contributed by atoms with E-state index in [0.717, 1.165) is 13.0 Å². The molecule has 0 spiro atoms. The number of rotatable bonds is 5. The summed E-state index contributed by atoms with van der Waals surface area (Å²) in [6.45, 7) is 1.27. The third-order valence-electron chi connectivity index (χ3n) is 2.14. The van der Waals surface area contributed by atoms with Gasteiger partial charge in [0.05, 0.1) is 12.2 Å². The number of carbonyl (C=O) groups is 1. The van der Waals surface area contributed by atoms with Gasteiger partial charge in [0.15, 0.2) is 0 Å². The number of carbonyl (C=O) groups excluding carboxylic acids is 1. The van der Waals surface area contributed by atoms with Crippen LogP contribution in [0.15, 0.2) is 18.2 Å². The van der Waals surface area contributed by atoms with E-state index in [4.69, 9.17) is 22.1 Å². The van der Waals surface area contributed by atoms with Crippen molar-refractivity contribution < 1.29 is 9.53 Å². The molecule has 0 amide bonds. The minimum atomic E-state index is -0.391. The lowest BCUT2D eigenvalue weighted by atomic mass is 10.2. The standard InChI is InChI=1S/C12H17ClN2O2/c1-15(2)4-3-5-17-12(16)9-6-10(13)8-11(14)7-9/h6-8H,3-5,14H2,1-2H3. The largest absolute Gasteiger partial charge is 0.462 e. The number of anilines is 1. The van der Waals surface area contributed by atoms with E-state index in [-0.39, 0.29) is 0 Å². The lowest BCUT2D eigenvalue weighted by Gasteiger charge is -2.09. The number of hydrogen-bond donors (Lipinski definition) is 1. The van der Waals surface area contributed by atoms with Gasteiger partial charge in [-0.15, -0.1) is 0 Å². The zero-order chi connectivity index (χ0) is 12.8. The maximum Gasteiger partial charge on any atom is 0.338 e. The molecule has 0 aliphatic rings. The second kappa shape index (κ2) is 6.47. The van der Waals surface area contributed by atoms with E-state index in [1.807, 2.05) is 19.0 Å². The molecule has 0 unspecified atom stereocenters. The first kappa shape index (κ1) is 13.8. The molecule has 0 atom stereocenters. The Morgan fingerprint density at radius 2 is 2.12 bits per heavy atom. The highest BCUT2D eigenvalue weighted by Gasteiger charge is 2.08. The van der Waals surface area contributed by atoms with Gasteiger partial charge in [-0.2, -0.15) is 0 Å². The van der Waals surface area contributed by atoms with Gasteiger partial charge in [0.2, 0.25) is 0 Å². The molecule has 0 aromatic heterocycles. The molecular formula is C12H17ClN2O2. The molecule has 17 heavy (non-hydrogen) atoms. The van der Waals surface area contributed by atoms with Crippen LogP contribution in [0.4, 0.5) is 5.69 Å². The fourth-order valence-corrected chi connectivity index (χ4v) is 1.60. The third kappa shape index (κ3) is 5.06. The zero-order valence-electron chi connectivity index (χ0n) is 10.1. The van der Waals surface area contributed by atoms with E-state index in [9.17, 15) is 4.79 Å². The number of nitrogens with two attached hydrogens (primary N) is 1. The molecule has 0 heterocycles. The van der Waals surface area contributed by atoms with E-state index in [1.54, 1.807) is 18.2 Å². The minimum absolute atomic E-state index is 0.389. The smallest absolute Gasteiger partial charge is 0.338 e. The predicted molar refractivity (Wildman–Crippen MR) is 69.3 cm³/mol. The fraction of sp³-hybridized carbons (Fsp3) is 0.417. The zero-order valence-corrected chi connectivity index (χ0v) is 10.8. The van der Waals surface area contributed by atoms with Crippen LogP contribution in [0, 0.1) is 0 Å². The first-order valence-electron chi connectivity index (χ1n) is 5.37. The molecule has 5 heteroatoms. The number of halogens is 1. The molecule has 0 bridgehead atoms. The van der Waals surface area contributed by atoms with Gasteiger partial charge in [0, 0.05) is 17.3 Å². The summed E-state index contributed by atoms with van der Waals surface area (Å²) in [5.41, 5.74) is 6.44. The van der Waals surface area contributed by atoms with E-state index in [2.05, 4.69) is 0 Å². The van der Waals surface area contributed by atoms with Crippen LogP contribution in [0.2, 0.25) is 5.02 Å². The van der Waals surface area contributed by atoms with Crippen molar-refractivity contribution >= 4 is 23.3 Å². The highest BCUT2D eigenvalue weighted by atomic mass is 35.5. The van der Waals surface area contributed by atoms with Crippen molar-refractivity contribution in [3.05, 3.63) is 28.8 Å². The van der Waals surface area contributed by atoms with Gasteiger partial charge in [-0.3, -0.25) is 0 Å². The Kier molecular flexibility index (Phi) is 5.25. The summed E-state index contributed by atoms with van der Waals surface area (Å²) in [7, 11) is 3.94. The molecule has 0 saturated carbocycles. The van der Waals surface area contributed by atoms with Gasteiger partial charge in [0.1, 0.15) is 0 Å². The molecule has 0 radical (unpaired) electrons. The van der Waals surface area contributed by atoms with Gasteiger partial charge in [-0.1, -0.05) is 11.6 Å². The maximum atomic E-state index is 11.6. The second-order valence-electron chi connectivity index (χ2n) is 4.07. The van der Waals surface area contributed by atoms with Crippen molar-refractivity contribution in [2.45, 2.75) is 6.42 Å². The van der Waals surface area contributed by atoms with Crippen LogP contribution in [0.25, 0.3) is 0 Å². The van der Waals surface area contributed by atoms with Gasteiger partial charge < -0.3 is 15.4 Å². The highest BCUT2D eigenvalue weighted by molar-refractivity contribution is 6.31. The molecule has 0 aliphatic heterocycles. The number of hydrogen-bond acceptors (Lipinski definition) is 4. The van der Waals surface area contributed by atoms with E-state index in [0.29, 0.717) is 22.9 Å². The highest BCUT2D eigenvalue weighted by Crippen LogP contribution is 2.17. The van der Waals surface area contributed by atoms with Crippen LogP contribution in [0.1, 0.15) is 16.8 Å². The van der Waals surface area contributed by atoms with Gasteiger partial charge >= 0.3 is 5.97 Å². The molecule has 2 N–H and O–H groups in total. The molecule has 1 aromatic rings. The Labute approximate surface area is 106 Å². The lowest BCUT2D eigenvalue weighted by molar-refractivity contribution is 0.0493. The Balaban J connectivity index is 2.47. The first-order chi connectivity index (χ1) is 7.99. The molecule has 0 aliphatic carbocycles. The number of ether oxygens (including phenoxy) is 1. The second-order valence-corrected chi connectivity index (χ2v) is 4.50. The number of nitrogens with zero attached hydrogens (tertiary/aromatic N) is 1. The summed E-state index contributed by atoms with van der Waals surface area (Å²) in [6, 6.07) is 4.69. The van der Waals surface area contributed by atoms with Crippen LogP contribution in [0.5, 0.6) is 0 Å². The lowest BCUT2D eigenvalue weighted by Crippen LogP contribution is -2.16. The minimum Gasteiger partial charge on any atom is -0.462 e.